The van der Waals surface area contributed by atoms with E-state index in [1.807, 2.05) is 18.2 Å². The second-order valence-electron chi connectivity index (χ2n) is 6.89. The number of benzene rings is 1. The van der Waals surface area contributed by atoms with Crippen LogP contribution in [0.25, 0.3) is 11.1 Å². The van der Waals surface area contributed by atoms with E-state index in [1.54, 1.807) is 6.20 Å². The van der Waals surface area contributed by atoms with Gasteiger partial charge < -0.3 is 19.9 Å². The van der Waals surface area contributed by atoms with Crippen molar-refractivity contribution in [2.45, 2.75) is 18.1 Å². The summed E-state index contributed by atoms with van der Waals surface area (Å²) in [5.41, 5.74) is 7.67. The normalized spacial score (nSPS) is 29.3. The maximum Gasteiger partial charge on any atom is 0.283 e. The fourth-order valence-electron chi connectivity index (χ4n) is 4.16. The molecule has 7 heteroatoms. The maximum absolute atomic E-state index is 13.6. The molecule has 1 fully saturated rings. The Kier molecular flexibility index (Phi) is 3.40. The number of ether oxygens (including phenoxy) is 3. The summed E-state index contributed by atoms with van der Waals surface area (Å²) in [6.07, 6.45) is 3.63. The molecule has 1 aromatic heterocycles. The van der Waals surface area contributed by atoms with Crippen LogP contribution in [-0.2, 0) is 15.0 Å². The number of nitrogens with two attached hydrogens (primary N) is 1. The van der Waals surface area contributed by atoms with E-state index < -0.39 is 5.54 Å². The Morgan fingerprint density at radius 2 is 2.12 bits per heavy atom. The summed E-state index contributed by atoms with van der Waals surface area (Å²) in [6.45, 7) is 1.56. The van der Waals surface area contributed by atoms with Crippen LogP contribution in [0.5, 0.6) is 5.75 Å². The van der Waals surface area contributed by atoms with E-state index in [2.05, 4.69) is 9.98 Å². The Balaban J connectivity index is 1.67. The van der Waals surface area contributed by atoms with Gasteiger partial charge in [-0.25, -0.2) is 9.38 Å². The fourth-order valence-corrected chi connectivity index (χ4v) is 4.16. The molecule has 2 aromatic rings. The van der Waals surface area contributed by atoms with Crippen molar-refractivity contribution >= 4 is 6.02 Å². The highest BCUT2D eigenvalue weighted by atomic mass is 19.1. The third kappa shape index (κ3) is 2.27. The van der Waals surface area contributed by atoms with E-state index in [9.17, 15) is 4.39 Å². The van der Waals surface area contributed by atoms with Crippen LogP contribution >= 0.6 is 0 Å². The molecule has 3 aliphatic heterocycles. The van der Waals surface area contributed by atoms with Crippen molar-refractivity contribution in [1.29, 1.82) is 0 Å². The summed E-state index contributed by atoms with van der Waals surface area (Å²) < 4.78 is 31.1. The Morgan fingerprint density at radius 3 is 2.92 bits per heavy atom. The molecule has 0 amide bonds. The summed E-state index contributed by atoms with van der Waals surface area (Å²) in [6, 6.07) is 7.43. The van der Waals surface area contributed by atoms with Crippen LogP contribution in [-0.4, -0.2) is 36.9 Å². The molecular weight excluding hydrogens is 337 g/mol. The third-order valence-corrected chi connectivity index (χ3v) is 5.42. The van der Waals surface area contributed by atoms with Gasteiger partial charge in [0.25, 0.3) is 6.02 Å². The van der Waals surface area contributed by atoms with Gasteiger partial charge in [-0.05, 0) is 23.8 Å². The van der Waals surface area contributed by atoms with E-state index in [0.717, 1.165) is 23.3 Å². The van der Waals surface area contributed by atoms with Gasteiger partial charge >= 0.3 is 0 Å². The molecule has 134 valence electrons. The third-order valence-electron chi connectivity index (χ3n) is 5.42. The Labute approximate surface area is 149 Å². The lowest BCUT2D eigenvalue weighted by molar-refractivity contribution is -0.0726. The Bertz CT molecular complexity index is 903. The molecule has 26 heavy (non-hydrogen) atoms. The zero-order chi connectivity index (χ0) is 17.7. The summed E-state index contributed by atoms with van der Waals surface area (Å²) in [5.74, 6) is 0.410. The molecule has 1 saturated heterocycles. The highest BCUT2D eigenvalue weighted by molar-refractivity contribution is 5.75. The van der Waals surface area contributed by atoms with Crippen molar-refractivity contribution in [3.8, 4) is 16.9 Å². The van der Waals surface area contributed by atoms with Gasteiger partial charge in [0.05, 0.1) is 25.3 Å². The Hall–Kier alpha value is -2.67. The number of fused-ring (bicyclic) bond motifs is 4. The SMILES string of the molecule is NC1=NC2(CO1)c1cc(-c3cncc(F)c3)ccc1OC1CCOCC12. The molecule has 4 heterocycles. The van der Waals surface area contributed by atoms with Crippen molar-refractivity contribution in [2.24, 2.45) is 16.6 Å². The first-order valence-electron chi connectivity index (χ1n) is 8.64. The van der Waals surface area contributed by atoms with Crippen molar-refractivity contribution in [3.63, 3.8) is 0 Å². The van der Waals surface area contributed by atoms with E-state index >= 15 is 0 Å². The molecule has 3 atom stereocenters. The lowest BCUT2D eigenvalue weighted by atomic mass is 9.72. The second kappa shape index (κ2) is 5.67. The minimum atomic E-state index is -0.639. The van der Waals surface area contributed by atoms with Crippen LogP contribution in [0.1, 0.15) is 12.0 Å². The van der Waals surface area contributed by atoms with Gasteiger partial charge in [-0.3, -0.25) is 4.98 Å². The summed E-state index contributed by atoms with van der Waals surface area (Å²) >= 11 is 0. The van der Waals surface area contributed by atoms with Crippen molar-refractivity contribution < 1.29 is 18.6 Å². The van der Waals surface area contributed by atoms with Gasteiger partial charge in [0.2, 0.25) is 0 Å². The van der Waals surface area contributed by atoms with Gasteiger partial charge in [-0.15, -0.1) is 0 Å². The van der Waals surface area contributed by atoms with Gasteiger partial charge in [-0.1, -0.05) is 6.07 Å². The van der Waals surface area contributed by atoms with Crippen molar-refractivity contribution in [3.05, 3.63) is 48.0 Å². The second-order valence-corrected chi connectivity index (χ2v) is 6.89. The predicted octanol–water partition coefficient (Wildman–Crippen LogP) is 2.23. The number of halogens is 1. The first kappa shape index (κ1) is 15.6. The minimum absolute atomic E-state index is 0.0104. The molecule has 0 bridgehead atoms. The smallest absolute Gasteiger partial charge is 0.283 e. The zero-order valence-corrected chi connectivity index (χ0v) is 14.0. The Morgan fingerprint density at radius 1 is 1.19 bits per heavy atom. The topological polar surface area (TPSA) is 79.0 Å². The number of amidine groups is 1. The molecule has 0 aliphatic carbocycles. The average molecular weight is 355 g/mol. The standard InChI is InChI=1S/C19H18FN3O3/c20-13-5-12(7-22-8-13)11-1-2-16-14(6-11)19(10-25-18(21)23-19)15-9-24-4-3-17(15)26-16/h1-2,5-8,15,17H,3-4,9-10H2,(H2,21,23). The number of nitrogens with zero attached hydrogens (tertiary/aromatic N) is 2. The largest absolute Gasteiger partial charge is 0.489 e. The first-order valence-corrected chi connectivity index (χ1v) is 8.64. The van der Waals surface area contributed by atoms with Crippen LogP contribution in [0.4, 0.5) is 4.39 Å². The lowest BCUT2D eigenvalue weighted by Crippen LogP contribution is -2.52. The number of hydrogen-bond acceptors (Lipinski definition) is 6. The number of rotatable bonds is 1. The lowest BCUT2D eigenvalue weighted by Gasteiger charge is -2.45. The van der Waals surface area contributed by atoms with E-state index in [-0.39, 0.29) is 23.9 Å². The van der Waals surface area contributed by atoms with Crippen LogP contribution < -0.4 is 10.5 Å². The van der Waals surface area contributed by atoms with Crippen LogP contribution in [0, 0.1) is 11.7 Å². The number of aliphatic imine (C=N–C) groups is 1. The molecule has 1 spiro atoms. The van der Waals surface area contributed by atoms with Crippen LogP contribution in [0.15, 0.2) is 41.7 Å². The van der Waals surface area contributed by atoms with Gasteiger partial charge in [0.1, 0.15) is 29.8 Å². The molecule has 0 radical (unpaired) electrons. The summed E-state index contributed by atoms with van der Waals surface area (Å²) in [4.78, 5) is 8.62. The molecule has 2 N–H and O–H groups in total. The molecule has 1 aromatic carbocycles. The molecule has 0 saturated carbocycles. The fraction of sp³-hybridized carbons (Fsp3) is 0.368. The van der Waals surface area contributed by atoms with E-state index in [1.165, 1.54) is 12.3 Å². The maximum atomic E-state index is 13.6. The predicted molar refractivity (Wildman–Crippen MR) is 92.2 cm³/mol. The van der Waals surface area contributed by atoms with Crippen LogP contribution in [0.3, 0.4) is 0 Å². The number of aromatic nitrogens is 1. The average Bonchev–Trinajstić information content (AvgIpc) is 3.04. The molecule has 3 unspecified atom stereocenters. The quantitative estimate of drug-likeness (QED) is 0.849. The first-order chi connectivity index (χ1) is 12.7. The van der Waals surface area contributed by atoms with Gasteiger partial charge in [0, 0.05) is 23.7 Å². The van der Waals surface area contributed by atoms with Crippen molar-refractivity contribution in [2.75, 3.05) is 19.8 Å². The number of pyridine rings is 1. The summed E-state index contributed by atoms with van der Waals surface area (Å²) in [7, 11) is 0. The van der Waals surface area contributed by atoms with E-state index in [0.29, 0.717) is 25.4 Å². The van der Waals surface area contributed by atoms with Crippen molar-refractivity contribution in [1.82, 2.24) is 4.98 Å². The monoisotopic (exact) mass is 355 g/mol. The van der Waals surface area contributed by atoms with Gasteiger partial charge in [0.15, 0.2) is 0 Å². The minimum Gasteiger partial charge on any atom is -0.489 e. The molecule has 3 aliphatic rings. The van der Waals surface area contributed by atoms with Crippen LogP contribution in [0.2, 0.25) is 0 Å². The molecule has 6 nitrogen and oxygen atoms in total. The van der Waals surface area contributed by atoms with E-state index in [4.69, 9.17) is 19.9 Å². The molecular formula is C19H18FN3O3. The highest BCUT2D eigenvalue weighted by Gasteiger charge is 2.54. The summed E-state index contributed by atoms with van der Waals surface area (Å²) in [5, 5.41) is 0. The van der Waals surface area contributed by atoms with Gasteiger partial charge in [-0.2, -0.15) is 0 Å². The molecule has 5 rings (SSSR count). The zero-order valence-electron chi connectivity index (χ0n) is 14.0. The number of hydrogen-bond donors (Lipinski definition) is 1. The highest BCUT2D eigenvalue weighted by Crippen LogP contribution is 2.50.